The number of ether oxygens (including phenoxy) is 1. The molecule has 2 aliphatic heterocycles. The summed E-state index contributed by atoms with van der Waals surface area (Å²) in [5, 5.41) is 5.50. The van der Waals surface area contributed by atoms with Gasteiger partial charge in [-0.25, -0.2) is 18.2 Å². The monoisotopic (exact) mass is 426 g/mol. The third-order valence-corrected chi connectivity index (χ3v) is 5.99. The van der Waals surface area contributed by atoms with E-state index in [1.807, 2.05) is 0 Å². The summed E-state index contributed by atoms with van der Waals surface area (Å²) in [4.78, 5) is 25.0. The Kier molecular flexibility index (Phi) is 6.78. The molecular formula is C18H30N6O4S. The molecule has 1 aromatic heterocycles. The van der Waals surface area contributed by atoms with E-state index in [0.29, 0.717) is 44.5 Å². The Morgan fingerprint density at radius 1 is 1.28 bits per heavy atom. The number of rotatable bonds is 5. The summed E-state index contributed by atoms with van der Waals surface area (Å²) in [6.45, 7) is 5.37. The van der Waals surface area contributed by atoms with E-state index in [0.717, 1.165) is 18.7 Å². The molecule has 3 rings (SSSR count). The minimum atomic E-state index is -3.22. The number of hydrogen-bond acceptors (Lipinski definition) is 8. The highest BCUT2D eigenvalue weighted by atomic mass is 32.2. The van der Waals surface area contributed by atoms with Crippen LogP contribution in [0, 0.1) is 0 Å². The Labute approximate surface area is 171 Å². The van der Waals surface area contributed by atoms with Crippen molar-refractivity contribution in [3.05, 3.63) is 11.8 Å². The van der Waals surface area contributed by atoms with Crippen LogP contribution in [-0.2, 0) is 20.3 Å². The van der Waals surface area contributed by atoms with Gasteiger partial charge < -0.3 is 25.2 Å². The maximum absolute atomic E-state index is 11.9. The molecule has 1 atom stereocenters. The lowest BCUT2D eigenvalue weighted by atomic mass is 10.1. The fraction of sp³-hybridized carbons (Fsp3) is 0.722. The van der Waals surface area contributed by atoms with Gasteiger partial charge in [0.05, 0.1) is 30.7 Å². The van der Waals surface area contributed by atoms with Crippen molar-refractivity contribution in [2.75, 3.05) is 56.0 Å². The molecule has 0 radical (unpaired) electrons. The van der Waals surface area contributed by atoms with E-state index in [1.165, 1.54) is 6.26 Å². The van der Waals surface area contributed by atoms with Crippen LogP contribution in [0.15, 0.2) is 6.07 Å². The normalized spacial score (nSPS) is 21.1. The molecule has 0 saturated carbocycles. The van der Waals surface area contributed by atoms with E-state index in [9.17, 15) is 13.2 Å². The minimum absolute atomic E-state index is 0.101. The third-order valence-electron chi connectivity index (χ3n) is 5.17. The molecule has 29 heavy (non-hydrogen) atoms. The summed E-state index contributed by atoms with van der Waals surface area (Å²) in [7, 11) is -1.62. The lowest BCUT2D eigenvalue weighted by Gasteiger charge is -2.36. The largest absolute Gasteiger partial charge is 0.377 e. The Hall–Kier alpha value is -2.14. The zero-order valence-corrected chi connectivity index (χ0v) is 18.0. The molecule has 0 bridgehead atoms. The maximum Gasteiger partial charge on any atom is 0.314 e. The number of carbonyl (C=O) groups excluding carboxylic acids is 1. The van der Waals surface area contributed by atoms with Gasteiger partial charge >= 0.3 is 6.03 Å². The molecule has 2 amide bonds. The first-order chi connectivity index (χ1) is 13.7. The van der Waals surface area contributed by atoms with Crippen LogP contribution in [-0.4, -0.2) is 82.7 Å². The third kappa shape index (κ3) is 5.92. The van der Waals surface area contributed by atoms with Gasteiger partial charge in [-0.3, -0.25) is 0 Å². The van der Waals surface area contributed by atoms with Crippen LogP contribution in [0.4, 0.5) is 16.6 Å². The fourth-order valence-corrected chi connectivity index (χ4v) is 4.33. The summed E-state index contributed by atoms with van der Waals surface area (Å²) in [5.41, 5.74) is 0.497. The first-order valence-corrected chi connectivity index (χ1v) is 11.9. The van der Waals surface area contributed by atoms with E-state index in [4.69, 9.17) is 9.72 Å². The van der Waals surface area contributed by atoms with Gasteiger partial charge in [0, 0.05) is 45.0 Å². The number of nitrogens with one attached hydrogen (secondary N) is 2. The molecule has 2 fully saturated rings. The number of sulfone groups is 1. The van der Waals surface area contributed by atoms with Crippen molar-refractivity contribution >= 4 is 27.6 Å². The van der Waals surface area contributed by atoms with Crippen LogP contribution in [0.3, 0.4) is 0 Å². The Balaban J connectivity index is 1.81. The number of amides is 2. The molecule has 3 heterocycles. The van der Waals surface area contributed by atoms with Gasteiger partial charge in [-0.05, 0) is 19.8 Å². The average molecular weight is 427 g/mol. The maximum atomic E-state index is 11.9. The second kappa shape index (κ2) is 9.12. The molecule has 1 aromatic rings. The lowest BCUT2D eigenvalue weighted by molar-refractivity contribution is 0.0985. The van der Waals surface area contributed by atoms with Crippen molar-refractivity contribution < 1.29 is 17.9 Å². The predicted octanol–water partition coefficient (Wildman–Crippen LogP) is 0.144. The van der Waals surface area contributed by atoms with Gasteiger partial charge in [0.2, 0.25) is 5.95 Å². The Morgan fingerprint density at radius 3 is 2.62 bits per heavy atom. The smallest absolute Gasteiger partial charge is 0.314 e. The SMILES string of the molecule is CNC(=O)NC1CCN(c2nc(CS(C)(=O)=O)cc(N3CCOC[C@@H]3C)n2)CC1. The highest BCUT2D eigenvalue weighted by Crippen LogP contribution is 2.24. The van der Waals surface area contributed by atoms with Crippen molar-refractivity contribution in [3.8, 4) is 0 Å². The van der Waals surface area contributed by atoms with Crippen molar-refractivity contribution in [1.29, 1.82) is 0 Å². The first-order valence-electron chi connectivity index (χ1n) is 9.88. The van der Waals surface area contributed by atoms with Crippen molar-refractivity contribution in [2.45, 2.75) is 37.6 Å². The Morgan fingerprint density at radius 2 is 2.00 bits per heavy atom. The van der Waals surface area contributed by atoms with Crippen LogP contribution in [0.25, 0.3) is 0 Å². The molecule has 2 N–H and O–H groups in total. The molecule has 0 aliphatic carbocycles. The molecule has 0 unspecified atom stereocenters. The number of nitrogens with zero attached hydrogens (tertiary/aromatic N) is 4. The summed E-state index contributed by atoms with van der Waals surface area (Å²) in [6.07, 6.45) is 2.76. The number of aromatic nitrogens is 2. The van der Waals surface area contributed by atoms with Crippen molar-refractivity contribution in [3.63, 3.8) is 0 Å². The predicted molar refractivity (Wildman–Crippen MR) is 111 cm³/mol. The van der Waals surface area contributed by atoms with Crippen LogP contribution >= 0.6 is 0 Å². The van der Waals surface area contributed by atoms with Gasteiger partial charge in [0.1, 0.15) is 5.82 Å². The molecule has 11 heteroatoms. The number of piperidine rings is 1. The van der Waals surface area contributed by atoms with E-state index in [1.54, 1.807) is 13.1 Å². The second-order valence-electron chi connectivity index (χ2n) is 7.69. The van der Waals surface area contributed by atoms with Gasteiger partial charge in [0.25, 0.3) is 0 Å². The van der Waals surface area contributed by atoms with Crippen LogP contribution in [0.5, 0.6) is 0 Å². The van der Waals surface area contributed by atoms with E-state index in [-0.39, 0.29) is 23.9 Å². The molecule has 162 valence electrons. The van der Waals surface area contributed by atoms with E-state index >= 15 is 0 Å². The lowest BCUT2D eigenvalue weighted by Crippen LogP contribution is -2.48. The minimum Gasteiger partial charge on any atom is -0.377 e. The number of hydrogen-bond donors (Lipinski definition) is 2. The number of urea groups is 1. The fourth-order valence-electron chi connectivity index (χ4n) is 3.65. The van der Waals surface area contributed by atoms with Gasteiger partial charge in [0.15, 0.2) is 9.84 Å². The zero-order chi connectivity index (χ0) is 21.0. The quantitative estimate of drug-likeness (QED) is 0.683. The molecular weight excluding hydrogens is 396 g/mol. The molecule has 2 saturated heterocycles. The van der Waals surface area contributed by atoms with Crippen LogP contribution in [0.2, 0.25) is 0 Å². The molecule has 2 aliphatic rings. The van der Waals surface area contributed by atoms with Gasteiger partial charge in [-0.15, -0.1) is 0 Å². The summed E-state index contributed by atoms with van der Waals surface area (Å²) in [5.74, 6) is 1.15. The van der Waals surface area contributed by atoms with Crippen molar-refractivity contribution in [1.82, 2.24) is 20.6 Å². The standard InChI is InChI=1S/C18H30N6O4S/c1-13-11-28-9-8-24(13)16-10-15(12-29(3,26)27)20-17(22-16)23-6-4-14(5-7-23)21-18(25)19-2/h10,13-14H,4-9,11-12H2,1-3H3,(H2,19,21,25)/t13-/m0/s1. The second-order valence-corrected chi connectivity index (χ2v) is 9.83. The van der Waals surface area contributed by atoms with E-state index in [2.05, 4.69) is 32.3 Å². The highest BCUT2D eigenvalue weighted by molar-refractivity contribution is 7.89. The highest BCUT2D eigenvalue weighted by Gasteiger charge is 2.26. The van der Waals surface area contributed by atoms with Gasteiger partial charge in [-0.1, -0.05) is 0 Å². The van der Waals surface area contributed by atoms with Crippen molar-refractivity contribution in [2.24, 2.45) is 0 Å². The number of carbonyl (C=O) groups is 1. The van der Waals surface area contributed by atoms with Gasteiger partial charge in [-0.2, -0.15) is 4.98 Å². The summed E-state index contributed by atoms with van der Waals surface area (Å²) < 4.78 is 29.2. The molecule has 10 nitrogen and oxygen atoms in total. The molecule has 0 aromatic carbocycles. The van der Waals surface area contributed by atoms with Crippen LogP contribution < -0.4 is 20.4 Å². The zero-order valence-electron chi connectivity index (χ0n) is 17.2. The summed E-state index contributed by atoms with van der Waals surface area (Å²) >= 11 is 0. The molecule has 0 spiro atoms. The Bertz CT molecular complexity index is 826. The topological polar surface area (TPSA) is 117 Å². The summed E-state index contributed by atoms with van der Waals surface area (Å²) in [6, 6.07) is 1.84. The number of anilines is 2. The average Bonchev–Trinajstić information content (AvgIpc) is 2.67. The van der Waals surface area contributed by atoms with E-state index < -0.39 is 9.84 Å². The van der Waals surface area contributed by atoms with Crippen LogP contribution in [0.1, 0.15) is 25.5 Å². The number of morpholine rings is 1. The first kappa shape index (κ1) is 21.6.